The molecular weight excluding hydrogens is 146 g/mol. The van der Waals surface area contributed by atoms with E-state index >= 15 is 0 Å². The highest BCUT2D eigenvalue weighted by atomic mass is 15.1. The van der Waals surface area contributed by atoms with Gasteiger partial charge in [0.15, 0.2) is 0 Å². The van der Waals surface area contributed by atoms with Crippen LogP contribution in [0.25, 0.3) is 0 Å². The topological polar surface area (TPSA) is 12.0 Å². The fourth-order valence-corrected chi connectivity index (χ4v) is 3.42. The van der Waals surface area contributed by atoms with Gasteiger partial charge >= 0.3 is 0 Å². The van der Waals surface area contributed by atoms with Gasteiger partial charge in [0.1, 0.15) is 0 Å². The number of hydrogen-bond donors (Lipinski definition) is 1. The normalized spacial score (nSPS) is 52.8. The summed E-state index contributed by atoms with van der Waals surface area (Å²) in [6.45, 7) is 2.43. The molecule has 0 aromatic carbocycles. The molecule has 0 aromatic rings. The van der Waals surface area contributed by atoms with Crippen LogP contribution in [0.15, 0.2) is 0 Å². The largest absolute Gasteiger partial charge is 0.309 e. The molecule has 0 amide bonds. The zero-order valence-corrected chi connectivity index (χ0v) is 7.97. The Labute approximate surface area is 74.9 Å². The molecule has 2 bridgehead atoms. The summed E-state index contributed by atoms with van der Waals surface area (Å²) in [5, 5.41) is 3.78. The molecule has 2 heterocycles. The molecule has 3 aliphatic rings. The lowest BCUT2D eigenvalue weighted by molar-refractivity contribution is 0.206. The van der Waals surface area contributed by atoms with Crippen LogP contribution >= 0.6 is 0 Å². The van der Waals surface area contributed by atoms with Crippen LogP contribution in [0.2, 0.25) is 0 Å². The van der Waals surface area contributed by atoms with Crippen molar-refractivity contribution in [2.24, 2.45) is 11.8 Å². The Balaban J connectivity index is 1.76. The van der Waals surface area contributed by atoms with Crippen molar-refractivity contribution in [3.8, 4) is 0 Å². The van der Waals surface area contributed by atoms with Gasteiger partial charge in [0.25, 0.3) is 0 Å². The van der Waals surface area contributed by atoms with E-state index in [2.05, 4.69) is 12.2 Å². The Bertz CT molecular complexity index is 197. The van der Waals surface area contributed by atoms with E-state index in [-0.39, 0.29) is 0 Å². The van der Waals surface area contributed by atoms with E-state index < -0.39 is 0 Å². The van der Waals surface area contributed by atoms with E-state index in [4.69, 9.17) is 0 Å². The molecule has 2 aliphatic heterocycles. The fourth-order valence-electron chi connectivity index (χ4n) is 3.42. The molecule has 1 nitrogen and oxygen atoms in total. The molecule has 1 heteroatoms. The van der Waals surface area contributed by atoms with Crippen molar-refractivity contribution in [1.29, 1.82) is 0 Å². The van der Waals surface area contributed by atoms with E-state index in [1.807, 2.05) is 0 Å². The van der Waals surface area contributed by atoms with Crippen LogP contribution < -0.4 is 5.32 Å². The van der Waals surface area contributed by atoms with Crippen LogP contribution in [-0.4, -0.2) is 11.6 Å². The summed E-state index contributed by atoms with van der Waals surface area (Å²) in [6, 6.07) is 0.884. The van der Waals surface area contributed by atoms with Crippen molar-refractivity contribution < 1.29 is 0 Å². The summed E-state index contributed by atoms with van der Waals surface area (Å²) >= 11 is 0. The summed E-state index contributed by atoms with van der Waals surface area (Å²) in [5.41, 5.74) is 0.538. The first kappa shape index (κ1) is 7.37. The Morgan fingerprint density at radius 1 is 1.17 bits per heavy atom. The van der Waals surface area contributed by atoms with Gasteiger partial charge in [0.2, 0.25) is 0 Å². The SMILES string of the molecule is CC12CCC(CC(C3CC3)C1)N2. The Hall–Kier alpha value is -0.0400. The highest BCUT2D eigenvalue weighted by Crippen LogP contribution is 2.48. The summed E-state index contributed by atoms with van der Waals surface area (Å²) in [7, 11) is 0. The zero-order chi connectivity index (χ0) is 8.18. The first-order valence-electron chi connectivity index (χ1n) is 5.53. The first-order valence-corrected chi connectivity index (χ1v) is 5.53. The fraction of sp³-hybridized carbons (Fsp3) is 1.00. The second-order valence-corrected chi connectivity index (χ2v) is 5.48. The average molecular weight is 165 g/mol. The molecule has 1 saturated carbocycles. The summed E-state index contributed by atoms with van der Waals surface area (Å²) in [6.07, 6.45) is 8.90. The van der Waals surface area contributed by atoms with E-state index in [0.717, 1.165) is 17.9 Å². The maximum Gasteiger partial charge on any atom is 0.0159 e. The molecule has 68 valence electrons. The second kappa shape index (κ2) is 2.25. The quantitative estimate of drug-likeness (QED) is 0.628. The second-order valence-electron chi connectivity index (χ2n) is 5.48. The third-order valence-electron chi connectivity index (χ3n) is 4.19. The molecular formula is C11H19N. The zero-order valence-electron chi connectivity index (χ0n) is 7.97. The third kappa shape index (κ3) is 1.10. The van der Waals surface area contributed by atoms with Crippen LogP contribution in [0.5, 0.6) is 0 Å². The lowest BCUT2D eigenvalue weighted by Gasteiger charge is -2.36. The first-order chi connectivity index (χ1) is 5.75. The number of rotatable bonds is 1. The van der Waals surface area contributed by atoms with E-state index in [1.54, 1.807) is 0 Å². The van der Waals surface area contributed by atoms with Crippen molar-refractivity contribution >= 4 is 0 Å². The van der Waals surface area contributed by atoms with Gasteiger partial charge in [-0.2, -0.15) is 0 Å². The van der Waals surface area contributed by atoms with Gasteiger partial charge in [-0.3, -0.25) is 0 Å². The maximum atomic E-state index is 3.78. The molecule has 0 spiro atoms. The molecule has 3 atom stereocenters. The van der Waals surface area contributed by atoms with Gasteiger partial charge in [-0.15, -0.1) is 0 Å². The lowest BCUT2D eigenvalue weighted by Crippen LogP contribution is -2.47. The van der Waals surface area contributed by atoms with E-state index in [1.165, 1.54) is 38.5 Å². The van der Waals surface area contributed by atoms with Gasteiger partial charge in [0.05, 0.1) is 0 Å². The Morgan fingerprint density at radius 2 is 2.00 bits per heavy atom. The highest BCUT2D eigenvalue weighted by Gasteiger charge is 2.45. The maximum absolute atomic E-state index is 3.78. The summed E-state index contributed by atoms with van der Waals surface area (Å²) in [5.74, 6) is 2.22. The number of piperidine rings is 1. The minimum Gasteiger partial charge on any atom is -0.309 e. The third-order valence-corrected chi connectivity index (χ3v) is 4.19. The number of hydrogen-bond acceptors (Lipinski definition) is 1. The molecule has 1 N–H and O–H groups in total. The van der Waals surface area contributed by atoms with Gasteiger partial charge in [0, 0.05) is 11.6 Å². The predicted molar refractivity (Wildman–Crippen MR) is 50.0 cm³/mol. The van der Waals surface area contributed by atoms with Crippen molar-refractivity contribution in [3.05, 3.63) is 0 Å². The van der Waals surface area contributed by atoms with Crippen molar-refractivity contribution in [3.63, 3.8) is 0 Å². The lowest BCUT2D eigenvalue weighted by atomic mass is 9.82. The molecule has 3 unspecified atom stereocenters. The Morgan fingerprint density at radius 3 is 2.67 bits per heavy atom. The number of fused-ring (bicyclic) bond motifs is 2. The molecule has 3 fully saturated rings. The minimum absolute atomic E-state index is 0.538. The molecule has 1 aliphatic carbocycles. The van der Waals surface area contributed by atoms with E-state index in [9.17, 15) is 0 Å². The predicted octanol–water partition coefficient (Wildman–Crippen LogP) is 2.32. The average Bonchev–Trinajstić information content (AvgIpc) is 2.79. The monoisotopic (exact) mass is 165 g/mol. The van der Waals surface area contributed by atoms with Crippen LogP contribution in [0.4, 0.5) is 0 Å². The van der Waals surface area contributed by atoms with Crippen LogP contribution in [0.1, 0.15) is 45.4 Å². The standard InChI is InChI=1S/C11H19N/c1-11-5-4-10(12-11)6-9(7-11)8-2-3-8/h8-10,12H,2-7H2,1H3. The van der Waals surface area contributed by atoms with Gasteiger partial charge < -0.3 is 5.32 Å². The van der Waals surface area contributed by atoms with Crippen LogP contribution in [-0.2, 0) is 0 Å². The highest BCUT2D eigenvalue weighted by molar-refractivity contribution is 5.03. The molecule has 0 aromatic heterocycles. The summed E-state index contributed by atoms with van der Waals surface area (Å²) < 4.78 is 0. The number of nitrogens with one attached hydrogen (secondary N) is 1. The minimum atomic E-state index is 0.538. The van der Waals surface area contributed by atoms with Crippen LogP contribution in [0, 0.1) is 11.8 Å². The van der Waals surface area contributed by atoms with Crippen molar-refractivity contribution in [2.45, 2.75) is 57.0 Å². The smallest absolute Gasteiger partial charge is 0.0159 e. The summed E-state index contributed by atoms with van der Waals surface area (Å²) in [4.78, 5) is 0. The van der Waals surface area contributed by atoms with E-state index in [0.29, 0.717) is 5.54 Å². The van der Waals surface area contributed by atoms with Crippen molar-refractivity contribution in [1.82, 2.24) is 5.32 Å². The van der Waals surface area contributed by atoms with Crippen molar-refractivity contribution in [2.75, 3.05) is 0 Å². The molecule has 0 radical (unpaired) electrons. The van der Waals surface area contributed by atoms with Gasteiger partial charge in [-0.1, -0.05) is 0 Å². The Kier molecular flexibility index (Phi) is 1.39. The van der Waals surface area contributed by atoms with Gasteiger partial charge in [-0.05, 0) is 57.3 Å². The molecule has 3 rings (SSSR count). The molecule has 2 saturated heterocycles. The van der Waals surface area contributed by atoms with Crippen LogP contribution in [0.3, 0.4) is 0 Å². The van der Waals surface area contributed by atoms with Gasteiger partial charge in [-0.25, -0.2) is 0 Å². The molecule has 12 heavy (non-hydrogen) atoms.